The van der Waals surface area contributed by atoms with Crippen LogP contribution >= 0.6 is 24.6 Å². The van der Waals surface area contributed by atoms with Gasteiger partial charge >= 0.3 is 7.60 Å². The summed E-state index contributed by atoms with van der Waals surface area (Å²) in [5, 5.41) is 0. The summed E-state index contributed by atoms with van der Waals surface area (Å²) in [4.78, 5) is 19.3. The monoisotopic (exact) mass is 388 g/mol. The molecule has 0 bridgehead atoms. The molecular formula is C15H36BrNO3P. The van der Waals surface area contributed by atoms with E-state index in [1.165, 1.54) is 38.5 Å². The van der Waals surface area contributed by atoms with E-state index in [1.807, 2.05) is 26.0 Å². The third-order valence-electron chi connectivity index (χ3n) is 2.70. The molecular weight excluding hydrogens is 353 g/mol. The first-order valence-electron chi connectivity index (χ1n) is 7.74. The average molecular weight is 389 g/mol. The van der Waals surface area contributed by atoms with Gasteiger partial charge in [-0.3, -0.25) is 4.57 Å². The molecule has 0 amide bonds. The van der Waals surface area contributed by atoms with Crippen LogP contribution in [0, 0.1) is 6.92 Å². The molecule has 4 nitrogen and oxygen atoms in total. The standard InChI is InChI=1S/C12H26O3P.C3H9N.BrH/c1-2-3-4-5-6-7-8-9-10-11-12-16(13,14)15;1-4(2)3;/h1-12H2,(H2,13,14,15);1-3H3;1H. The smallest absolute Gasteiger partial charge is 0.324 e. The van der Waals surface area contributed by atoms with Gasteiger partial charge in [-0.1, -0.05) is 64.7 Å². The molecule has 0 unspecified atom stereocenters. The number of halogens is 1. The van der Waals surface area contributed by atoms with Gasteiger partial charge in [-0.25, -0.2) is 0 Å². The number of nitrogens with zero attached hydrogens (tertiary/aromatic N) is 1. The summed E-state index contributed by atoms with van der Waals surface area (Å²) in [5.41, 5.74) is 0. The molecule has 2 N–H and O–H groups in total. The average Bonchev–Trinajstić information content (AvgIpc) is 2.29. The van der Waals surface area contributed by atoms with Crippen molar-refractivity contribution in [2.75, 3.05) is 27.3 Å². The van der Waals surface area contributed by atoms with Crippen molar-refractivity contribution in [1.82, 2.24) is 4.90 Å². The highest BCUT2D eigenvalue weighted by Crippen LogP contribution is 2.35. The van der Waals surface area contributed by atoms with E-state index in [0.717, 1.165) is 19.3 Å². The van der Waals surface area contributed by atoms with E-state index in [0.29, 0.717) is 6.42 Å². The van der Waals surface area contributed by atoms with Crippen LogP contribution in [0.1, 0.15) is 64.2 Å². The van der Waals surface area contributed by atoms with Crippen molar-refractivity contribution < 1.29 is 14.4 Å². The molecule has 0 fully saturated rings. The van der Waals surface area contributed by atoms with Crippen molar-refractivity contribution in [3.63, 3.8) is 0 Å². The van der Waals surface area contributed by atoms with E-state index in [2.05, 4.69) is 6.92 Å². The van der Waals surface area contributed by atoms with Crippen molar-refractivity contribution in [3.05, 3.63) is 6.92 Å². The van der Waals surface area contributed by atoms with Crippen LogP contribution in [0.25, 0.3) is 0 Å². The van der Waals surface area contributed by atoms with Crippen molar-refractivity contribution >= 4 is 24.6 Å². The molecule has 131 valence electrons. The third kappa shape index (κ3) is 38.5. The zero-order valence-corrected chi connectivity index (χ0v) is 16.7. The second-order valence-corrected chi connectivity index (χ2v) is 7.54. The first-order chi connectivity index (χ1) is 9.29. The Morgan fingerprint density at radius 3 is 1.38 bits per heavy atom. The van der Waals surface area contributed by atoms with Crippen molar-refractivity contribution in [1.29, 1.82) is 0 Å². The minimum Gasteiger partial charge on any atom is -0.324 e. The highest BCUT2D eigenvalue weighted by atomic mass is 79.9. The molecule has 0 rings (SSSR count). The lowest BCUT2D eigenvalue weighted by Gasteiger charge is -2.03. The number of unbranched alkanes of at least 4 members (excludes halogenated alkanes) is 9. The molecule has 0 aromatic rings. The van der Waals surface area contributed by atoms with Gasteiger partial charge in [-0.2, -0.15) is 0 Å². The summed E-state index contributed by atoms with van der Waals surface area (Å²) in [7, 11) is 2.25. The number of hydrogen-bond acceptors (Lipinski definition) is 2. The second-order valence-electron chi connectivity index (χ2n) is 5.77. The third-order valence-corrected chi connectivity index (χ3v) is 3.60. The first-order valence-corrected chi connectivity index (χ1v) is 9.54. The van der Waals surface area contributed by atoms with Crippen LogP contribution in [0.15, 0.2) is 0 Å². The lowest BCUT2D eigenvalue weighted by molar-refractivity contribution is 0.370. The highest BCUT2D eigenvalue weighted by Gasteiger charge is 2.10. The second kappa shape index (κ2) is 18.6. The summed E-state index contributed by atoms with van der Waals surface area (Å²) in [6, 6.07) is 0. The van der Waals surface area contributed by atoms with Gasteiger partial charge in [0.15, 0.2) is 0 Å². The van der Waals surface area contributed by atoms with E-state index in [9.17, 15) is 4.57 Å². The van der Waals surface area contributed by atoms with E-state index in [1.54, 1.807) is 0 Å². The predicted molar refractivity (Wildman–Crippen MR) is 98.4 cm³/mol. The minimum atomic E-state index is -3.75. The molecule has 0 saturated carbocycles. The van der Waals surface area contributed by atoms with Crippen LogP contribution in [0.5, 0.6) is 0 Å². The van der Waals surface area contributed by atoms with Gasteiger partial charge in [-0.05, 0) is 27.6 Å². The lowest BCUT2D eigenvalue weighted by atomic mass is 10.1. The molecule has 0 aliphatic carbocycles. The molecule has 0 aromatic carbocycles. The molecule has 0 heterocycles. The van der Waals surface area contributed by atoms with E-state index < -0.39 is 7.60 Å². The highest BCUT2D eigenvalue weighted by molar-refractivity contribution is 8.93. The van der Waals surface area contributed by atoms with E-state index in [-0.39, 0.29) is 23.1 Å². The maximum atomic E-state index is 10.6. The molecule has 0 atom stereocenters. The summed E-state index contributed by atoms with van der Waals surface area (Å²) >= 11 is 0. The van der Waals surface area contributed by atoms with Crippen molar-refractivity contribution in [2.45, 2.75) is 64.2 Å². The Morgan fingerprint density at radius 1 is 0.810 bits per heavy atom. The quantitative estimate of drug-likeness (QED) is 0.399. The van der Waals surface area contributed by atoms with Crippen LogP contribution in [-0.4, -0.2) is 42.0 Å². The summed E-state index contributed by atoms with van der Waals surface area (Å²) < 4.78 is 10.6. The molecule has 0 aliphatic rings. The topological polar surface area (TPSA) is 60.8 Å². The molecule has 0 saturated heterocycles. The molecule has 1 radical (unpaired) electrons. The Labute approximate surface area is 142 Å². The summed E-state index contributed by atoms with van der Waals surface area (Å²) in [6.07, 6.45) is 11.4. The number of rotatable bonds is 11. The number of hydrogen-bond donors (Lipinski definition) is 2. The van der Waals surface area contributed by atoms with Gasteiger partial charge in [0.1, 0.15) is 0 Å². The molecule has 21 heavy (non-hydrogen) atoms. The van der Waals surface area contributed by atoms with Gasteiger partial charge in [0.05, 0.1) is 0 Å². The fourth-order valence-electron chi connectivity index (χ4n) is 1.73. The van der Waals surface area contributed by atoms with Crippen LogP contribution in [0.3, 0.4) is 0 Å². The van der Waals surface area contributed by atoms with Gasteiger partial charge in [-0.15, -0.1) is 17.0 Å². The van der Waals surface area contributed by atoms with Gasteiger partial charge in [0, 0.05) is 6.16 Å². The molecule has 0 aliphatic heterocycles. The molecule has 6 heteroatoms. The Hall–Kier alpha value is 0.590. The van der Waals surface area contributed by atoms with Crippen molar-refractivity contribution in [2.24, 2.45) is 0 Å². The summed E-state index contributed by atoms with van der Waals surface area (Å²) in [5.74, 6) is 0. The van der Waals surface area contributed by atoms with Crippen molar-refractivity contribution in [3.8, 4) is 0 Å². The van der Waals surface area contributed by atoms with Gasteiger partial charge < -0.3 is 14.7 Å². The van der Waals surface area contributed by atoms with Crippen LogP contribution in [0.2, 0.25) is 0 Å². The molecule has 0 spiro atoms. The first kappa shape index (κ1) is 26.5. The zero-order chi connectivity index (χ0) is 15.9. The Morgan fingerprint density at radius 2 is 1.10 bits per heavy atom. The van der Waals surface area contributed by atoms with Crippen LogP contribution < -0.4 is 0 Å². The normalized spacial score (nSPS) is 10.8. The van der Waals surface area contributed by atoms with Gasteiger partial charge in [0.2, 0.25) is 0 Å². The Balaban J connectivity index is -0.000000572. The van der Waals surface area contributed by atoms with Crippen LogP contribution in [0.4, 0.5) is 0 Å². The predicted octanol–water partition coefficient (Wildman–Crippen LogP) is 4.65. The molecule has 0 aromatic heterocycles. The van der Waals surface area contributed by atoms with E-state index >= 15 is 0 Å². The van der Waals surface area contributed by atoms with Gasteiger partial charge in [0.25, 0.3) is 0 Å². The Bertz CT molecular complexity index is 232. The van der Waals surface area contributed by atoms with Crippen LogP contribution in [-0.2, 0) is 4.57 Å². The minimum absolute atomic E-state index is 0. The van der Waals surface area contributed by atoms with E-state index in [4.69, 9.17) is 9.79 Å². The fourth-order valence-corrected chi connectivity index (χ4v) is 2.37. The maximum absolute atomic E-state index is 10.6. The Kier molecular flexibility index (Phi) is 23.5. The zero-order valence-electron chi connectivity index (χ0n) is 14.1. The fraction of sp³-hybridized carbons (Fsp3) is 0.933. The largest absolute Gasteiger partial charge is 0.325 e. The maximum Gasteiger partial charge on any atom is 0.325 e. The summed E-state index contributed by atoms with van der Waals surface area (Å²) in [6.45, 7) is 3.81. The SMILES string of the molecule is Br.CN(C)C.[CH2]CCCCCCCCCCCP(=O)(O)O. The lowest BCUT2D eigenvalue weighted by Crippen LogP contribution is -1.99.